The van der Waals surface area contributed by atoms with Gasteiger partial charge in [-0.3, -0.25) is 0 Å². The minimum Gasteiger partial charge on any atom is -0.346 e. The van der Waals surface area contributed by atoms with Crippen LogP contribution in [-0.2, 0) is 0 Å². The van der Waals surface area contributed by atoms with Crippen molar-refractivity contribution in [3.8, 4) is 0 Å². The van der Waals surface area contributed by atoms with Crippen LogP contribution in [0.1, 0.15) is 18.4 Å². The van der Waals surface area contributed by atoms with E-state index in [-0.39, 0.29) is 0 Å². The molecule has 18 heavy (non-hydrogen) atoms. The lowest BCUT2D eigenvalue weighted by molar-refractivity contribution is 0.447. The number of aryl methyl sites for hydroxylation is 1. The molecule has 3 heterocycles. The van der Waals surface area contributed by atoms with Crippen LogP contribution in [0.5, 0.6) is 0 Å². The Morgan fingerprint density at radius 3 is 2.83 bits per heavy atom. The average molecular weight is 244 g/mol. The summed E-state index contributed by atoms with van der Waals surface area (Å²) in [5, 5.41) is 3.42. The van der Waals surface area contributed by atoms with Gasteiger partial charge in [0.15, 0.2) is 5.82 Å². The Balaban J connectivity index is 1.98. The third kappa shape index (κ3) is 1.86. The zero-order chi connectivity index (χ0) is 12.5. The van der Waals surface area contributed by atoms with Gasteiger partial charge in [-0.25, -0.2) is 4.98 Å². The molecular formula is C14H20N4. The summed E-state index contributed by atoms with van der Waals surface area (Å²) < 4.78 is 0. The van der Waals surface area contributed by atoms with Gasteiger partial charge in [0.05, 0.1) is 5.69 Å². The number of anilines is 2. The Morgan fingerprint density at radius 2 is 2.06 bits per heavy atom. The smallest absolute Gasteiger partial charge is 0.157 e. The molecule has 0 bridgehead atoms. The molecule has 0 aromatic carbocycles. The van der Waals surface area contributed by atoms with Gasteiger partial charge in [-0.2, -0.15) is 0 Å². The van der Waals surface area contributed by atoms with Crippen LogP contribution in [0, 0.1) is 6.92 Å². The van der Waals surface area contributed by atoms with Crippen molar-refractivity contribution in [2.24, 2.45) is 0 Å². The van der Waals surface area contributed by atoms with Crippen LogP contribution < -0.4 is 15.1 Å². The molecular weight excluding hydrogens is 224 g/mol. The monoisotopic (exact) mass is 244 g/mol. The van der Waals surface area contributed by atoms with E-state index in [0.29, 0.717) is 6.04 Å². The highest BCUT2D eigenvalue weighted by Crippen LogP contribution is 2.35. The number of hydrogen-bond donors (Lipinski definition) is 1. The molecule has 0 atom stereocenters. The molecule has 1 aromatic heterocycles. The SMILES string of the molecule is Cc1ccnc2c1N(C)C=CN2C1CCNCC1. The minimum atomic E-state index is 0.573. The van der Waals surface area contributed by atoms with E-state index in [2.05, 4.69) is 52.5 Å². The van der Waals surface area contributed by atoms with Crippen molar-refractivity contribution in [3.05, 3.63) is 30.2 Å². The van der Waals surface area contributed by atoms with Crippen molar-refractivity contribution in [2.45, 2.75) is 25.8 Å². The van der Waals surface area contributed by atoms with E-state index >= 15 is 0 Å². The van der Waals surface area contributed by atoms with E-state index in [0.717, 1.165) is 18.9 Å². The predicted octanol–water partition coefficient (Wildman–Crippen LogP) is 1.87. The van der Waals surface area contributed by atoms with Gasteiger partial charge < -0.3 is 15.1 Å². The topological polar surface area (TPSA) is 31.4 Å². The molecule has 1 N–H and O–H groups in total. The molecule has 0 aliphatic carbocycles. The molecule has 2 aliphatic heterocycles. The third-order valence-electron chi connectivity index (χ3n) is 3.86. The highest BCUT2D eigenvalue weighted by atomic mass is 15.3. The van der Waals surface area contributed by atoms with Gasteiger partial charge in [0.25, 0.3) is 0 Å². The number of fused-ring (bicyclic) bond motifs is 1. The van der Waals surface area contributed by atoms with Crippen LogP contribution in [0.3, 0.4) is 0 Å². The molecule has 4 nitrogen and oxygen atoms in total. The van der Waals surface area contributed by atoms with Crippen LogP contribution in [-0.4, -0.2) is 31.2 Å². The maximum atomic E-state index is 4.60. The number of nitrogens with zero attached hydrogens (tertiary/aromatic N) is 3. The normalized spacial score (nSPS) is 20.1. The van der Waals surface area contributed by atoms with Crippen LogP contribution >= 0.6 is 0 Å². The molecule has 0 radical (unpaired) electrons. The molecule has 2 aliphatic rings. The van der Waals surface area contributed by atoms with Gasteiger partial charge in [-0.15, -0.1) is 0 Å². The van der Waals surface area contributed by atoms with Crippen LogP contribution in [0.25, 0.3) is 0 Å². The molecule has 0 unspecified atom stereocenters. The zero-order valence-corrected chi connectivity index (χ0v) is 11.1. The molecule has 0 amide bonds. The number of pyridine rings is 1. The first kappa shape index (κ1) is 11.5. The van der Waals surface area contributed by atoms with Crippen molar-refractivity contribution in [1.29, 1.82) is 0 Å². The largest absolute Gasteiger partial charge is 0.346 e. The molecule has 1 aromatic rings. The Labute approximate surface area is 108 Å². The quantitative estimate of drug-likeness (QED) is 0.817. The standard InChI is InChI=1S/C14H20N4/c1-11-3-8-16-14-13(11)17(2)9-10-18(14)12-4-6-15-7-5-12/h3,8-10,12,15H,4-7H2,1-2H3. The maximum Gasteiger partial charge on any atom is 0.157 e. The molecule has 96 valence electrons. The summed E-state index contributed by atoms with van der Waals surface area (Å²) in [4.78, 5) is 9.11. The molecule has 0 spiro atoms. The lowest BCUT2D eigenvalue weighted by atomic mass is 10.0. The van der Waals surface area contributed by atoms with E-state index in [1.165, 1.54) is 24.1 Å². The third-order valence-corrected chi connectivity index (χ3v) is 3.86. The Kier molecular flexibility index (Phi) is 2.96. The first-order valence-corrected chi connectivity index (χ1v) is 6.63. The van der Waals surface area contributed by atoms with Crippen molar-refractivity contribution in [3.63, 3.8) is 0 Å². The van der Waals surface area contributed by atoms with Crippen molar-refractivity contribution < 1.29 is 0 Å². The Hall–Kier alpha value is -1.55. The van der Waals surface area contributed by atoms with Gasteiger partial charge in [0.1, 0.15) is 0 Å². The molecule has 1 fully saturated rings. The van der Waals surface area contributed by atoms with E-state index < -0.39 is 0 Å². The summed E-state index contributed by atoms with van der Waals surface area (Å²) in [6.45, 7) is 4.36. The summed E-state index contributed by atoms with van der Waals surface area (Å²) >= 11 is 0. The van der Waals surface area contributed by atoms with Crippen LogP contribution in [0.2, 0.25) is 0 Å². The predicted molar refractivity (Wildman–Crippen MR) is 74.9 cm³/mol. The summed E-state index contributed by atoms with van der Waals surface area (Å²) in [7, 11) is 2.09. The lowest BCUT2D eigenvalue weighted by Gasteiger charge is -2.38. The molecule has 0 saturated carbocycles. The molecule has 3 rings (SSSR count). The summed E-state index contributed by atoms with van der Waals surface area (Å²) in [6.07, 6.45) is 8.59. The lowest BCUT2D eigenvalue weighted by Crippen LogP contribution is -2.42. The fourth-order valence-corrected chi connectivity index (χ4v) is 2.86. The van der Waals surface area contributed by atoms with Crippen molar-refractivity contribution in [1.82, 2.24) is 10.3 Å². The van der Waals surface area contributed by atoms with Crippen LogP contribution in [0.15, 0.2) is 24.7 Å². The first-order valence-electron chi connectivity index (χ1n) is 6.63. The van der Waals surface area contributed by atoms with Crippen molar-refractivity contribution in [2.75, 3.05) is 29.9 Å². The summed E-state index contributed by atoms with van der Waals surface area (Å²) in [5.74, 6) is 1.10. The molecule has 4 heteroatoms. The number of aromatic nitrogens is 1. The fraction of sp³-hybridized carbons (Fsp3) is 0.500. The summed E-state index contributed by atoms with van der Waals surface area (Å²) in [5.41, 5.74) is 2.52. The Morgan fingerprint density at radius 1 is 1.28 bits per heavy atom. The Bertz CT molecular complexity index is 463. The van der Waals surface area contributed by atoms with Crippen LogP contribution in [0.4, 0.5) is 11.5 Å². The van der Waals surface area contributed by atoms with Gasteiger partial charge in [0, 0.05) is 31.7 Å². The second kappa shape index (κ2) is 4.61. The van der Waals surface area contributed by atoms with Crippen molar-refractivity contribution >= 4 is 11.5 Å². The highest BCUT2D eigenvalue weighted by molar-refractivity contribution is 5.75. The van der Waals surface area contributed by atoms with Gasteiger partial charge in [0.2, 0.25) is 0 Å². The second-order valence-electron chi connectivity index (χ2n) is 5.10. The second-order valence-corrected chi connectivity index (χ2v) is 5.10. The minimum absolute atomic E-state index is 0.573. The zero-order valence-electron chi connectivity index (χ0n) is 11.1. The number of nitrogens with one attached hydrogen (secondary N) is 1. The van der Waals surface area contributed by atoms with E-state index in [9.17, 15) is 0 Å². The summed E-state index contributed by atoms with van der Waals surface area (Å²) in [6, 6.07) is 2.65. The van der Waals surface area contributed by atoms with Gasteiger partial charge >= 0.3 is 0 Å². The van der Waals surface area contributed by atoms with E-state index in [4.69, 9.17) is 0 Å². The average Bonchev–Trinajstić information content (AvgIpc) is 2.40. The fourth-order valence-electron chi connectivity index (χ4n) is 2.86. The number of hydrogen-bond acceptors (Lipinski definition) is 4. The van der Waals surface area contributed by atoms with Gasteiger partial charge in [-0.1, -0.05) is 0 Å². The van der Waals surface area contributed by atoms with Gasteiger partial charge in [-0.05, 0) is 44.5 Å². The number of piperidine rings is 1. The van der Waals surface area contributed by atoms with E-state index in [1.807, 2.05) is 6.20 Å². The maximum absolute atomic E-state index is 4.60. The van der Waals surface area contributed by atoms with E-state index in [1.54, 1.807) is 0 Å². The highest BCUT2D eigenvalue weighted by Gasteiger charge is 2.26. The number of rotatable bonds is 1. The molecule has 1 saturated heterocycles. The first-order chi connectivity index (χ1) is 8.77.